The second-order valence-electron chi connectivity index (χ2n) is 6.91. The summed E-state index contributed by atoms with van der Waals surface area (Å²) in [5, 5.41) is 0. The van der Waals surface area contributed by atoms with Crippen LogP contribution in [-0.2, 0) is 12.7 Å². The Morgan fingerprint density at radius 3 is 2.38 bits per heavy atom. The van der Waals surface area contributed by atoms with Crippen LogP contribution in [0.4, 0.5) is 19.1 Å². The van der Waals surface area contributed by atoms with Gasteiger partial charge in [-0.2, -0.15) is 13.2 Å². The summed E-state index contributed by atoms with van der Waals surface area (Å²) in [6.45, 7) is 3.36. The van der Waals surface area contributed by atoms with E-state index in [1.807, 2.05) is 0 Å². The molecule has 11 heteroatoms. The number of nitrogens with two attached hydrogens (primary N) is 1. The van der Waals surface area contributed by atoms with Gasteiger partial charge < -0.3 is 20.1 Å². The van der Waals surface area contributed by atoms with Crippen LogP contribution in [0.5, 0.6) is 0 Å². The highest BCUT2D eigenvalue weighted by atomic mass is 19.4. The van der Waals surface area contributed by atoms with Crippen LogP contribution in [0.3, 0.4) is 0 Å². The number of carbonyl (C=O) groups is 1. The molecule has 29 heavy (non-hydrogen) atoms. The number of hydrogen-bond acceptors (Lipinski definition) is 6. The van der Waals surface area contributed by atoms with Crippen LogP contribution in [0.25, 0.3) is 0 Å². The van der Waals surface area contributed by atoms with Crippen molar-refractivity contribution in [3.8, 4) is 0 Å². The number of hydrogen-bond donors (Lipinski definition) is 1. The van der Waals surface area contributed by atoms with E-state index in [4.69, 9.17) is 5.73 Å². The number of amides is 1. The fourth-order valence-corrected chi connectivity index (χ4v) is 3.06. The molecule has 2 aromatic rings. The minimum Gasteiger partial charge on any atom is -0.337 e. The second kappa shape index (κ2) is 8.19. The molecule has 0 saturated carbocycles. The van der Waals surface area contributed by atoms with Crippen molar-refractivity contribution < 1.29 is 18.0 Å². The zero-order valence-corrected chi connectivity index (χ0v) is 15.8. The van der Waals surface area contributed by atoms with Crippen molar-refractivity contribution in [2.75, 3.05) is 31.1 Å². The third kappa shape index (κ3) is 4.73. The van der Waals surface area contributed by atoms with Crippen molar-refractivity contribution in [2.24, 2.45) is 5.73 Å². The zero-order valence-electron chi connectivity index (χ0n) is 15.8. The van der Waals surface area contributed by atoms with Crippen molar-refractivity contribution in [2.45, 2.75) is 25.7 Å². The molecule has 1 atom stereocenters. The number of carbonyl (C=O) groups excluding carboxylic acids is 1. The lowest BCUT2D eigenvalue weighted by Crippen LogP contribution is -2.50. The number of nitrogens with zero attached hydrogens (tertiary/aromatic N) is 5. The summed E-state index contributed by atoms with van der Waals surface area (Å²) >= 11 is 0. The van der Waals surface area contributed by atoms with Crippen LogP contribution >= 0.6 is 0 Å². The van der Waals surface area contributed by atoms with Gasteiger partial charge in [-0.3, -0.25) is 9.59 Å². The van der Waals surface area contributed by atoms with Crippen molar-refractivity contribution in [1.82, 2.24) is 19.4 Å². The molecule has 0 radical (unpaired) electrons. The first-order valence-corrected chi connectivity index (χ1v) is 9.05. The molecule has 1 saturated heterocycles. The molecule has 0 aromatic carbocycles. The van der Waals surface area contributed by atoms with E-state index in [1.54, 1.807) is 24.1 Å². The van der Waals surface area contributed by atoms with Crippen LogP contribution in [0, 0.1) is 0 Å². The molecule has 0 bridgehead atoms. The molecule has 1 aliphatic heterocycles. The van der Waals surface area contributed by atoms with E-state index in [-0.39, 0.29) is 23.5 Å². The minimum atomic E-state index is -4.49. The molecule has 2 aromatic heterocycles. The normalized spacial score (nSPS) is 16.0. The zero-order chi connectivity index (χ0) is 21.2. The van der Waals surface area contributed by atoms with E-state index in [2.05, 4.69) is 9.97 Å². The van der Waals surface area contributed by atoms with Gasteiger partial charge in [0.05, 0.1) is 5.56 Å². The highest BCUT2D eigenvalue weighted by Crippen LogP contribution is 2.28. The van der Waals surface area contributed by atoms with Crippen LogP contribution in [0.1, 0.15) is 22.8 Å². The lowest BCUT2D eigenvalue weighted by atomic mass is 10.2. The van der Waals surface area contributed by atoms with E-state index in [9.17, 15) is 22.8 Å². The highest BCUT2D eigenvalue weighted by Gasteiger charge is 2.32. The van der Waals surface area contributed by atoms with Gasteiger partial charge in [-0.15, -0.1) is 0 Å². The van der Waals surface area contributed by atoms with Gasteiger partial charge in [0.2, 0.25) is 5.95 Å². The Bertz CT molecular complexity index is 918. The molecule has 1 fully saturated rings. The molecule has 1 aliphatic rings. The quantitative estimate of drug-likeness (QED) is 0.807. The van der Waals surface area contributed by atoms with Crippen molar-refractivity contribution in [1.29, 1.82) is 0 Å². The summed E-state index contributed by atoms with van der Waals surface area (Å²) in [5.74, 6) is -0.217. The molecule has 0 aliphatic carbocycles. The summed E-state index contributed by atoms with van der Waals surface area (Å²) in [6, 6.07) is 2.88. The maximum atomic E-state index is 12.8. The average molecular weight is 410 g/mol. The number of rotatable bonds is 4. The fourth-order valence-electron chi connectivity index (χ4n) is 3.06. The number of alkyl halides is 3. The van der Waals surface area contributed by atoms with Crippen LogP contribution in [0.2, 0.25) is 0 Å². The molecule has 2 N–H and O–H groups in total. The van der Waals surface area contributed by atoms with E-state index in [0.29, 0.717) is 32.7 Å². The first kappa shape index (κ1) is 20.8. The van der Waals surface area contributed by atoms with Gasteiger partial charge in [-0.25, -0.2) is 9.97 Å². The Labute approximate surface area is 164 Å². The number of piperazine rings is 1. The third-order valence-electron chi connectivity index (χ3n) is 4.55. The van der Waals surface area contributed by atoms with Gasteiger partial charge in [-0.05, 0) is 19.1 Å². The standard InChI is InChI=1S/C18H21F3N6O2/c1-12(22)11-27-4-2-3-14(16(27)29)15(28)25-5-7-26(8-6-25)17-23-9-13(10-24-17)18(19,20)21/h2-4,9-10,12H,5-8,11,22H2,1H3. The Kier molecular flexibility index (Phi) is 5.87. The number of anilines is 1. The molecular formula is C18H21F3N6O2. The van der Waals surface area contributed by atoms with Crippen molar-refractivity contribution in [3.63, 3.8) is 0 Å². The van der Waals surface area contributed by atoms with Gasteiger partial charge in [-0.1, -0.05) is 0 Å². The van der Waals surface area contributed by atoms with Gasteiger partial charge in [0.15, 0.2) is 0 Å². The molecule has 1 unspecified atom stereocenters. The Hall–Kier alpha value is -2.95. The predicted molar refractivity (Wildman–Crippen MR) is 99.5 cm³/mol. The highest BCUT2D eigenvalue weighted by molar-refractivity contribution is 5.94. The van der Waals surface area contributed by atoms with Crippen LogP contribution in [0.15, 0.2) is 35.5 Å². The van der Waals surface area contributed by atoms with Gasteiger partial charge >= 0.3 is 6.18 Å². The molecule has 0 spiro atoms. The van der Waals surface area contributed by atoms with E-state index < -0.39 is 17.3 Å². The lowest BCUT2D eigenvalue weighted by Gasteiger charge is -2.34. The Balaban J connectivity index is 1.66. The molecule has 8 nitrogen and oxygen atoms in total. The Morgan fingerprint density at radius 1 is 1.21 bits per heavy atom. The van der Waals surface area contributed by atoms with E-state index >= 15 is 0 Å². The van der Waals surface area contributed by atoms with Gasteiger partial charge in [0.1, 0.15) is 5.56 Å². The summed E-state index contributed by atoms with van der Waals surface area (Å²) < 4.78 is 39.3. The molecular weight excluding hydrogens is 389 g/mol. The van der Waals surface area contributed by atoms with E-state index in [1.165, 1.54) is 15.5 Å². The van der Waals surface area contributed by atoms with Crippen molar-refractivity contribution in [3.05, 3.63) is 52.2 Å². The molecule has 156 valence electrons. The molecule has 3 rings (SSSR count). The average Bonchev–Trinajstić information content (AvgIpc) is 2.68. The largest absolute Gasteiger partial charge is 0.419 e. The third-order valence-corrected chi connectivity index (χ3v) is 4.55. The van der Waals surface area contributed by atoms with Gasteiger partial charge in [0.25, 0.3) is 11.5 Å². The number of aromatic nitrogens is 3. The predicted octanol–water partition coefficient (Wildman–Crippen LogP) is 0.967. The SMILES string of the molecule is CC(N)Cn1cccc(C(=O)N2CCN(c3ncc(C(F)(F)F)cn3)CC2)c1=O. The summed E-state index contributed by atoms with van der Waals surface area (Å²) in [5.41, 5.74) is 4.48. The molecule has 1 amide bonds. The van der Waals surface area contributed by atoms with Crippen LogP contribution < -0.4 is 16.2 Å². The first-order chi connectivity index (χ1) is 13.7. The second-order valence-corrected chi connectivity index (χ2v) is 6.91. The first-order valence-electron chi connectivity index (χ1n) is 9.05. The molecule has 3 heterocycles. The number of pyridine rings is 1. The van der Waals surface area contributed by atoms with Gasteiger partial charge in [0, 0.05) is 57.4 Å². The fraction of sp³-hybridized carbons (Fsp3) is 0.444. The summed E-state index contributed by atoms with van der Waals surface area (Å²) in [4.78, 5) is 36.1. The summed E-state index contributed by atoms with van der Waals surface area (Å²) in [7, 11) is 0. The van der Waals surface area contributed by atoms with E-state index in [0.717, 1.165) is 12.4 Å². The minimum absolute atomic E-state index is 0.0624. The van der Waals surface area contributed by atoms with Crippen LogP contribution in [-0.4, -0.2) is 57.6 Å². The maximum absolute atomic E-state index is 12.8. The lowest BCUT2D eigenvalue weighted by molar-refractivity contribution is -0.138. The monoisotopic (exact) mass is 410 g/mol. The number of halogens is 3. The summed E-state index contributed by atoms with van der Waals surface area (Å²) in [6.07, 6.45) is -1.42. The van der Waals surface area contributed by atoms with Crippen molar-refractivity contribution >= 4 is 11.9 Å². The maximum Gasteiger partial charge on any atom is 0.419 e. The smallest absolute Gasteiger partial charge is 0.337 e. The Morgan fingerprint density at radius 2 is 1.83 bits per heavy atom. The topological polar surface area (TPSA) is 97.3 Å².